The molecule has 8 heteroatoms. The van der Waals surface area contributed by atoms with Crippen LogP contribution in [0.25, 0.3) is 11.4 Å². The standard InChI is InChI=1S/C20H20N6O2/c1-28-17-6-9-23-20(24-17)26-12-10-25(11-13-26)19(27)16-5-2-4-15(14-16)18-21-7-3-8-22-18/h2-9,14H,10-13H2,1H3. The van der Waals surface area contributed by atoms with Gasteiger partial charge in [-0.3, -0.25) is 4.79 Å². The minimum atomic E-state index is 0.00370. The summed E-state index contributed by atoms with van der Waals surface area (Å²) in [4.78, 5) is 34.0. The fraction of sp³-hybridized carbons (Fsp3) is 0.250. The van der Waals surface area contributed by atoms with Gasteiger partial charge in [0.1, 0.15) is 0 Å². The number of piperazine rings is 1. The summed E-state index contributed by atoms with van der Waals surface area (Å²) in [6.07, 6.45) is 5.06. The molecule has 1 fully saturated rings. The monoisotopic (exact) mass is 376 g/mol. The van der Waals surface area contributed by atoms with Crippen LogP contribution in [0.4, 0.5) is 5.95 Å². The average molecular weight is 376 g/mol. The van der Waals surface area contributed by atoms with E-state index in [4.69, 9.17) is 4.74 Å². The highest BCUT2D eigenvalue weighted by atomic mass is 16.5. The number of benzene rings is 1. The molecule has 4 rings (SSSR count). The Labute approximate surface area is 162 Å². The molecule has 0 N–H and O–H groups in total. The van der Waals surface area contributed by atoms with Crippen LogP contribution in [0.5, 0.6) is 5.88 Å². The third-order valence-electron chi connectivity index (χ3n) is 4.61. The number of amides is 1. The van der Waals surface area contributed by atoms with Crippen LogP contribution in [0.2, 0.25) is 0 Å². The number of ether oxygens (including phenoxy) is 1. The molecule has 0 spiro atoms. The van der Waals surface area contributed by atoms with Crippen molar-refractivity contribution >= 4 is 11.9 Å². The van der Waals surface area contributed by atoms with E-state index in [0.29, 0.717) is 49.4 Å². The Balaban J connectivity index is 1.44. The van der Waals surface area contributed by atoms with Crippen molar-refractivity contribution in [2.75, 3.05) is 38.2 Å². The van der Waals surface area contributed by atoms with Gasteiger partial charge in [0.2, 0.25) is 11.8 Å². The molecular formula is C20H20N6O2. The molecule has 0 aliphatic carbocycles. The number of hydrogen-bond acceptors (Lipinski definition) is 7. The van der Waals surface area contributed by atoms with Gasteiger partial charge in [0.25, 0.3) is 5.91 Å². The number of carbonyl (C=O) groups excluding carboxylic acids is 1. The van der Waals surface area contributed by atoms with E-state index >= 15 is 0 Å². The van der Waals surface area contributed by atoms with E-state index < -0.39 is 0 Å². The van der Waals surface area contributed by atoms with Crippen molar-refractivity contribution < 1.29 is 9.53 Å². The second kappa shape index (κ2) is 7.99. The molecule has 3 aromatic rings. The average Bonchev–Trinajstić information content (AvgIpc) is 2.79. The van der Waals surface area contributed by atoms with Gasteiger partial charge in [-0.15, -0.1) is 0 Å². The first-order valence-electron chi connectivity index (χ1n) is 9.03. The van der Waals surface area contributed by atoms with Gasteiger partial charge < -0.3 is 14.5 Å². The lowest BCUT2D eigenvalue weighted by Crippen LogP contribution is -2.49. The van der Waals surface area contributed by atoms with Gasteiger partial charge in [0.15, 0.2) is 5.82 Å². The number of methoxy groups -OCH3 is 1. The zero-order valence-electron chi connectivity index (χ0n) is 15.5. The van der Waals surface area contributed by atoms with E-state index in [0.717, 1.165) is 5.56 Å². The maximum absolute atomic E-state index is 12.9. The van der Waals surface area contributed by atoms with E-state index in [9.17, 15) is 4.79 Å². The van der Waals surface area contributed by atoms with Crippen molar-refractivity contribution in [2.24, 2.45) is 0 Å². The SMILES string of the molecule is COc1ccnc(N2CCN(C(=O)c3cccc(-c4ncccn4)c3)CC2)n1. The van der Waals surface area contributed by atoms with Crippen LogP contribution in [0.3, 0.4) is 0 Å². The molecule has 1 aliphatic rings. The van der Waals surface area contributed by atoms with Gasteiger partial charge >= 0.3 is 0 Å². The van der Waals surface area contributed by atoms with Gasteiger partial charge in [-0.2, -0.15) is 4.98 Å². The molecule has 1 aromatic carbocycles. The Morgan fingerprint density at radius 1 is 0.964 bits per heavy atom. The topological polar surface area (TPSA) is 84.3 Å². The van der Waals surface area contributed by atoms with Crippen molar-refractivity contribution in [3.05, 3.63) is 60.6 Å². The van der Waals surface area contributed by atoms with E-state index in [2.05, 4.69) is 24.8 Å². The summed E-state index contributed by atoms with van der Waals surface area (Å²) in [7, 11) is 1.58. The van der Waals surface area contributed by atoms with E-state index in [1.165, 1.54) is 0 Å². The van der Waals surface area contributed by atoms with Crippen LogP contribution in [0, 0.1) is 0 Å². The molecule has 0 atom stereocenters. The first-order chi connectivity index (χ1) is 13.7. The lowest BCUT2D eigenvalue weighted by Gasteiger charge is -2.34. The quantitative estimate of drug-likeness (QED) is 0.688. The minimum Gasteiger partial charge on any atom is -0.481 e. The van der Waals surface area contributed by atoms with Crippen molar-refractivity contribution in [1.29, 1.82) is 0 Å². The van der Waals surface area contributed by atoms with Gasteiger partial charge in [-0.05, 0) is 18.2 Å². The third kappa shape index (κ3) is 3.75. The lowest BCUT2D eigenvalue weighted by atomic mass is 10.1. The molecule has 0 bridgehead atoms. The molecule has 3 heterocycles. The number of rotatable bonds is 4. The van der Waals surface area contributed by atoms with E-state index in [-0.39, 0.29) is 5.91 Å². The molecule has 28 heavy (non-hydrogen) atoms. The van der Waals surface area contributed by atoms with Crippen molar-refractivity contribution in [3.8, 4) is 17.3 Å². The molecule has 142 valence electrons. The van der Waals surface area contributed by atoms with Gasteiger partial charge in [0.05, 0.1) is 7.11 Å². The first-order valence-corrected chi connectivity index (χ1v) is 9.03. The van der Waals surface area contributed by atoms with Crippen LogP contribution in [-0.4, -0.2) is 64.0 Å². The summed E-state index contributed by atoms with van der Waals surface area (Å²) in [5.74, 6) is 1.76. The second-order valence-corrected chi connectivity index (χ2v) is 6.33. The third-order valence-corrected chi connectivity index (χ3v) is 4.61. The summed E-state index contributed by atoms with van der Waals surface area (Å²) >= 11 is 0. The highest BCUT2D eigenvalue weighted by Gasteiger charge is 2.24. The zero-order valence-corrected chi connectivity index (χ0v) is 15.5. The smallest absolute Gasteiger partial charge is 0.253 e. The largest absolute Gasteiger partial charge is 0.481 e. The maximum Gasteiger partial charge on any atom is 0.253 e. The van der Waals surface area contributed by atoms with Crippen LogP contribution in [0.15, 0.2) is 55.0 Å². The Bertz CT molecular complexity index is 958. The predicted molar refractivity (Wildman–Crippen MR) is 104 cm³/mol. The summed E-state index contributed by atoms with van der Waals surface area (Å²) in [6, 6.07) is 10.9. The highest BCUT2D eigenvalue weighted by Crippen LogP contribution is 2.19. The van der Waals surface area contributed by atoms with Crippen molar-refractivity contribution in [1.82, 2.24) is 24.8 Å². The predicted octanol–water partition coefficient (Wildman–Crippen LogP) is 1.90. The van der Waals surface area contributed by atoms with Crippen LogP contribution < -0.4 is 9.64 Å². The number of anilines is 1. The van der Waals surface area contributed by atoms with E-state index in [1.807, 2.05) is 29.2 Å². The molecule has 0 radical (unpaired) electrons. The number of aromatic nitrogens is 4. The van der Waals surface area contributed by atoms with Gasteiger partial charge in [-0.25, -0.2) is 15.0 Å². The van der Waals surface area contributed by atoms with Crippen molar-refractivity contribution in [3.63, 3.8) is 0 Å². The summed E-state index contributed by atoms with van der Waals surface area (Å²) < 4.78 is 5.16. The molecule has 2 aromatic heterocycles. The molecule has 0 unspecified atom stereocenters. The molecule has 1 saturated heterocycles. The lowest BCUT2D eigenvalue weighted by molar-refractivity contribution is 0.0746. The normalized spacial score (nSPS) is 14.0. The van der Waals surface area contributed by atoms with E-state index in [1.54, 1.807) is 37.8 Å². The van der Waals surface area contributed by atoms with Crippen molar-refractivity contribution in [2.45, 2.75) is 0 Å². The highest BCUT2D eigenvalue weighted by molar-refractivity contribution is 5.95. The zero-order chi connectivity index (χ0) is 19.3. The Hall–Kier alpha value is -3.55. The number of hydrogen-bond donors (Lipinski definition) is 0. The molecular weight excluding hydrogens is 356 g/mol. The number of nitrogens with zero attached hydrogens (tertiary/aromatic N) is 6. The van der Waals surface area contributed by atoms with Crippen LogP contribution in [0.1, 0.15) is 10.4 Å². The number of carbonyl (C=O) groups is 1. The Kier molecular flexibility index (Phi) is 5.09. The first kappa shape index (κ1) is 17.8. The Morgan fingerprint density at radius 2 is 1.75 bits per heavy atom. The summed E-state index contributed by atoms with van der Waals surface area (Å²) in [6.45, 7) is 2.54. The molecule has 0 saturated carbocycles. The fourth-order valence-electron chi connectivity index (χ4n) is 3.13. The van der Waals surface area contributed by atoms with Crippen LogP contribution in [-0.2, 0) is 0 Å². The molecule has 1 aliphatic heterocycles. The van der Waals surface area contributed by atoms with Crippen LogP contribution >= 0.6 is 0 Å². The van der Waals surface area contributed by atoms with Gasteiger partial charge in [-0.1, -0.05) is 12.1 Å². The summed E-state index contributed by atoms with van der Waals surface area (Å²) in [5.41, 5.74) is 1.46. The maximum atomic E-state index is 12.9. The molecule has 1 amide bonds. The minimum absolute atomic E-state index is 0.00370. The molecule has 8 nitrogen and oxygen atoms in total. The second-order valence-electron chi connectivity index (χ2n) is 6.33. The Morgan fingerprint density at radius 3 is 2.50 bits per heavy atom. The fourth-order valence-corrected chi connectivity index (χ4v) is 3.13. The van der Waals surface area contributed by atoms with Gasteiger partial charge in [0, 0.05) is 62.0 Å². The summed E-state index contributed by atoms with van der Waals surface area (Å²) in [5, 5.41) is 0.